The van der Waals surface area contributed by atoms with Crippen LogP contribution in [-0.4, -0.2) is 49.9 Å². The van der Waals surface area contributed by atoms with Gasteiger partial charge in [-0.15, -0.1) is 0 Å². The van der Waals surface area contributed by atoms with Crippen LogP contribution in [0.2, 0.25) is 0 Å². The van der Waals surface area contributed by atoms with Gasteiger partial charge >= 0.3 is 0 Å². The zero-order chi connectivity index (χ0) is 22.1. The number of hydrogen-bond donors (Lipinski definition) is 0. The number of likely N-dealkylation sites (N-methyl/N-ethyl adjacent to an activating group) is 1. The normalized spacial score (nSPS) is 13.4. The van der Waals surface area contributed by atoms with Crippen molar-refractivity contribution in [1.29, 1.82) is 0 Å². The first-order valence-corrected chi connectivity index (χ1v) is 11.2. The largest absolute Gasteiger partial charge is 1.00 e. The molecule has 0 heterocycles. The predicted molar refractivity (Wildman–Crippen MR) is 130 cm³/mol. The van der Waals surface area contributed by atoms with Crippen LogP contribution in [0.15, 0.2) is 60.7 Å². The number of benzene rings is 2. The lowest BCUT2D eigenvalue weighted by molar-refractivity contribution is -0.928. The monoisotopic (exact) mass is 465 g/mol. The molecule has 0 aliphatic rings. The van der Waals surface area contributed by atoms with E-state index in [1.54, 1.807) is 0 Å². The lowest BCUT2D eigenvalue weighted by Crippen LogP contribution is -3.00. The quantitative estimate of drug-likeness (QED) is 0.357. The molecule has 2 N–H and O–H groups in total. The fourth-order valence-corrected chi connectivity index (χ4v) is 4.89. The number of ether oxygens (including phenoxy) is 2. The van der Waals surface area contributed by atoms with Crippen LogP contribution in [0.1, 0.15) is 46.6 Å². The number of hydrogen-bond acceptors (Lipinski definition) is 2. The molecule has 182 valence electrons. The maximum absolute atomic E-state index is 5.96. The number of nitrogens with zero attached hydrogens (tertiary/aromatic N) is 1. The maximum atomic E-state index is 5.96. The summed E-state index contributed by atoms with van der Waals surface area (Å²) in [4.78, 5) is 0. The third-order valence-electron chi connectivity index (χ3n) is 5.24. The van der Waals surface area contributed by atoms with E-state index in [0.717, 1.165) is 36.5 Å². The minimum Gasteiger partial charge on any atom is -1.00 e. The summed E-state index contributed by atoms with van der Waals surface area (Å²) in [5, 5.41) is 0. The minimum atomic E-state index is 0. The molecule has 0 saturated heterocycles. The molecule has 0 radical (unpaired) electrons. The van der Waals surface area contributed by atoms with Crippen LogP contribution in [0, 0.1) is 10.8 Å². The van der Waals surface area contributed by atoms with Crippen molar-refractivity contribution in [2.24, 2.45) is 10.8 Å². The van der Waals surface area contributed by atoms with Crippen molar-refractivity contribution in [2.75, 3.05) is 40.0 Å². The van der Waals surface area contributed by atoms with Gasteiger partial charge in [0.2, 0.25) is 0 Å². The van der Waals surface area contributed by atoms with Gasteiger partial charge in [0.1, 0.15) is 25.4 Å². The van der Waals surface area contributed by atoms with Gasteiger partial charge in [0.15, 0.2) is 0 Å². The van der Waals surface area contributed by atoms with E-state index in [-0.39, 0.29) is 23.3 Å². The molecule has 32 heavy (non-hydrogen) atoms. The Kier molecular flexibility index (Phi) is 13.2. The van der Waals surface area contributed by atoms with Crippen molar-refractivity contribution in [2.45, 2.75) is 47.6 Å². The van der Waals surface area contributed by atoms with Crippen LogP contribution >= 0.6 is 0 Å². The Hall–Kier alpha value is -1.59. The number of para-hydroxylation sites is 1. The summed E-state index contributed by atoms with van der Waals surface area (Å²) in [6.07, 6.45) is 1.20. The first-order valence-electron chi connectivity index (χ1n) is 11.2. The highest BCUT2D eigenvalue weighted by Crippen LogP contribution is 2.35. The highest BCUT2D eigenvalue weighted by Gasteiger charge is 2.34. The molecule has 2 rings (SSSR count). The van der Waals surface area contributed by atoms with Gasteiger partial charge in [-0.05, 0) is 24.0 Å². The summed E-state index contributed by atoms with van der Waals surface area (Å²) >= 11 is 0. The van der Waals surface area contributed by atoms with Crippen LogP contribution in [0.3, 0.4) is 0 Å². The van der Waals surface area contributed by atoms with Crippen molar-refractivity contribution in [3.63, 3.8) is 0 Å². The lowest BCUT2D eigenvalue weighted by atomic mass is 9.75. The van der Waals surface area contributed by atoms with Crippen molar-refractivity contribution < 1.29 is 31.8 Å². The van der Waals surface area contributed by atoms with E-state index in [9.17, 15) is 0 Å². The maximum Gasteiger partial charge on any atom is 0.119 e. The first-order chi connectivity index (χ1) is 14.1. The summed E-state index contributed by atoms with van der Waals surface area (Å²) in [7, 11) is 2.38. The molecule has 2 aromatic carbocycles. The van der Waals surface area contributed by atoms with Crippen molar-refractivity contribution in [3.05, 3.63) is 66.2 Å². The second kappa shape index (κ2) is 13.8. The second-order valence-electron chi connectivity index (χ2n) is 10.8. The van der Waals surface area contributed by atoms with Crippen molar-refractivity contribution >= 4 is 0 Å². The molecular formula is C27H44ClNO3. The SMILES string of the molecule is CC(C)(C)CC(C)(C)C[N+](C)(CCOCCOc1ccccc1)Cc1ccccc1.O.[Cl-]. The summed E-state index contributed by atoms with van der Waals surface area (Å²) < 4.78 is 12.7. The molecule has 0 fully saturated rings. The summed E-state index contributed by atoms with van der Waals surface area (Å²) in [6, 6.07) is 20.8. The van der Waals surface area contributed by atoms with Gasteiger partial charge in [-0.2, -0.15) is 0 Å². The topological polar surface area (TPSA) is 50.0 Å². The standard InChI is InChI=1S/C27H42NO2.ClH.H2O/c1-26(2,3)22-27(4,5)23-28(6,21-24-13-9-7-10-14-24)17-18-29-19-20-30-25-15-11-8-12-16-25;;/h7-16H,17-23H2,1-6H3;1H;1H2/q+1;;/p-1. The Balaban J connectivity index is 0.00000480. The van der Waals surface area contributed by atoms with E-state index >= 15 is 0 Å². The van der Waals surface area contributed by atoms with Gasteiger partial charge in [-0.3, -0.25) is 0 Å². The van der Waals surface area contributed by atoms with Crippen LogP contribution in [-0.2, 0) is 11.3 Å². The highest BCUT2D eigenvalue weighted by atomic mass is 35.5. The van der Waals surface area contributed by atoms with Gasteiger partial charge < -0.3 is 31.8 Å². The fourth-order valence-electron chi connectivity index (χ4n) is 4.89. The number of rotatable bonds is 12. The molecule has 4 nitrogen and oxygen atoms in total. The Morgan fingerprint density at radius 1 is 0.781 bits per heavy atom. The Labute approximate surface area is 202 Å². The summed E-state index contributed by atoms with van der Waals surface area (Å²) in [5.41, 5.74) is 1.98. The molecule has 0 spiro atoms. The molecule has 1 unspecified atom stereocenters. The van der Waals surface area contributed by atoms with Gasteiger partial charge in [0, 0.05) is 11.0 Å². The minimum absolute atomic E-state index is 0. The average molecular weight is 466 g/mol. The van der Waals surface area contributed by atoms with E-state index in [1.165, 1.54) is 12.0 Å². The Morgan fingerprint density at radius 3 is 1.91 bits per heavy atom. The zero-order valence-electron chi connectivity index (χ0n) is 20.9. The zero-order valence-corrected chi connectivity index (χ0v) is 21.6. The molecule has 0 amide bonds. The van der Waals surface area contributed by atoms with Gasteiger partial charge in [-0.1, -0.05) is 83.1 Å². The highest BCUT2D eigenvalue weighted by molar-refractivity contribution is 5.20. The summed E-state index contributed by atoms with van der Waals surface area (Å²) in [5.74, 6) is 0.898. The van der Waals surface area contributed by atoms with E-state index in [4.69, 9.17) is 9.47 Å². The summed E-state index contributed by atoms with van der Waals surface area (Å²) in [6.45, 7) is 16.9. The third-order valence-corrected chi connectivity index (χ3v) is 5.24. The van der Waals surface area contributed by atoms with Gasteiger partial charge in [0.05, 0.1) is 26.8 Å². The van der Waals surface area contributed by atoms with Gasteiger partial charge in [0.25, 0.3) is 0 Å². The smallest absolute Gasteiger partial charge is 0.119 e. The lowest BCUT2D eigenvalue weighted by Gasteiger charge is -2.43. The Morgan fingerprint density at radius 2 is 1.34 bits per heavy atom. The molecular weight excluding hydrogens is 422 g/mol. The molecule has 0 aliphatic heterocycles. The van der Waals surface area contributed by atoms with E-state index in [1.807, 2.05) is 30.3 Å². The van der Waals surface area contributed by atoms with E-state index < -0.39 is 0 Å². The fraction of sp³-hybridized carbons (Fsp3) is 0.556. The Bertz CT molecular complexity index is 732. The van der Waals surface area contributed by atoms with Crippen LogP contribution in [0.4, 0.5) is 0 Å². The first kappa shape index (κ1) is 30.4. The van der Waals surface area contributed by atoms with E-state index in [0.29, 0.717) is 18.6 Å². The van der Waals surface area contributed by atoms with E-state index in [2.05, 4.69) is 72.0 Å². The molecule has 1 atom stereocenters. The number of halogens is 1. The molecule has 2 aromatic rings. The number of quaternary nitrogens is 1. The van der Waals surface area contributed by atoms with Gasteiger partial charge in [-0.25, -0.2) is 0 Å². The second-order valence-corrected chi connectivity index (χ2v) is 10.8. The molecule has 0 bridgehead atoms. The predicted octanol–water partition coefficient (Wildman–Crippen LogP) is 2.37. The van der Waals surface area contributed by atoms with Crippen molar-refractivity contribution in [1.82, 2.24) is 0 Å². The average Bonchev–Trinajstić information content (AvgIpc) is 2.63. The molecule has 0 aromatic heterocycles. The molecule has 0 saturated carbocycles. The van der Waals surface area contributed by atoms with Crippen molar-refractivity contribution in [3.8, 4) is 5.75 Å². The van der Waals surface area contributed by atoms with Crippen LogP contribution < -0.4 is 17.1 Å². The molecule has 5 heteroatoms. The van der Waals surface area contributed by atoms with Crippen LogP contribution in [0.25, 0.3) is 0 Å². The molecule has 0 aliphatic carbocycles. The third kappa shape index (κ3) is 12.4. The van der Waals surface area contributed by atoms with Crippen LogP contribution in [0.5, 0.6) is 5.75 Å².